The molecule has 0 aliphatic carbocycles. The highest BCUT2D eigenvalue weighted by Gasteiger charge is 2.05. The van der Waals surface area contributed by atoms with E-state index in [4.69, 9.17) is 10.9 Å². The highest BCUT2D eigenvalue weighted by atomic mass is 16.4. The largest absolute Gasteiger partial charge is 0.409 e. The third-order valence-electron chi connectivity index (χ3n) is 2.91. The molecule has 21 heavy (non-hydrogen) atoms. The van der Waals surface area contributed by atoms with Crippen LogP contribution in [0.4, 0.5) is 0 Å². The zero-order chi connectivity index (χ0) is 15.1. The van der Waals surface area contributed by atoms with Crippen molar-refractivity contribution >= 4 is 11.7 Å². The van der Waals surface area contributed by atoms with Crippen molar-refractivity contribution in [2.24, 2.45) is 10.9 Å². The van der Waals surface area contributed by atoms with Crippen LogP contribution in [0.25, 0.3) is 0 Å². The van der Waals surface area contributed by atoms with Gasteiger partial charge in [-0.25, -0.2) is 0 Å². The van der Waals surface area contributed by atoms with Gasteiger partial charge in [-0.1, -0.05) is 35.5 Å². The number of nitrogens with one attached hydrogen (secondary N) is 1. The molecule has 2 aromatic rings. The molecule has 0 atom stereocenters. The molecule has 2 rings (SSSR count). The molecule has 0 fully saturated rings. The van der Waals surface area contributed by atoms with Crippen LogP contribution >= 0.6 is 0 Å². The van der Waals surface area contributed by atoms with Gasteiger partial charge >= 0.3 is 0 Å². The summed E-state index contributed by atoms with van der Waals surface area (Å²) in [5, 5.41) is 14.3. The summed E-state index contributed by atoms with van der Waals surface area (Å²) in [6.45, 7) is 0.405. The molecule has 108 valence electrons. The van der Waals surface area contributed by atoms with E-state index in [0.717, 1.165) is 11.3 Å². The average molecular weight is 284 g/mol. The first-order valence-electron chi connectivity index (χ1n) is 6.42. The minimum Gasteiger partial charge on any atom is -0.409 e. The summed E-state index contributed by atoms with van der Waals surface area (Å²) in [7, 11) is 0. The number of rotatable bonds is 5. The molecule has 0 bridgehead atoms. The summed E-state index contributed by atoms with van der Waals surface area (Å²) in [4.78, 5) is 16.0. The molecular formula is C15H16N4O2. The number of oxime groups is 1. The van der Waals surface area contributed by atoms with Gasteiger partial charge in [-0.2, -0.15) is 0 Å². The van der Waals surface area contributed by atoms with Gasteiger partial charge < -0.3 is 16.3 Å². The van der Waals surface area contributed by atoms with Crippen molar-refractivity contribution in [2.75, 3.05) is 0 Å². The molecule has 0 radical (unpaired) electrons. The number of aromatic nitrogens is 1. The molecular weight excluding hydrogens is 268 g/mol. The van der Waals surface area contributed by atoms with Crippen LogP contribution in [0.15, 0.2) is 53.8 Å². The van der Waals surface area contributed by atoms with Gasteiger partial charge in [-0.15, -0.1) is 0 Å². The Morgan fingerprint density at radius 1 is 1.24 bits per heavy atom. The van der Waals surface area contributed by atoms with Crippen LogP contribution in [0, 0.1) is 0 Å². The van der Waals surface area contributed by atoms with Crippen molar-refractivity contribution in [1.29, 1.82) is 0 Å². The Bertz CT molecular complexity index is 624. The van der Waals surface area contributed by atoms with Gasteiger partial charge in [0.05, 0.1) is 18.7 Å². The summed E-state index contributed by atoms with van der Waals surface area (Å²) in [6, 6.07) is 12.5. The normalized spacial score (nSPS) is 11.1. The summed E-state index contributed by atoms with van der Waals surface area (Å²) in [5.41, 5.74) is 7.74. The summed E-state index contributed by atoms with van der Waals surface area (Å²) < 4.78 is 0. The molecule has 1 heterocycles. The van der Waals surface area contributed by atoms with Crippen LogP contribution in [0.2, 0.25) is 0 Å². The Labute approximate surface area is 122 Å². The molecule has 0 aliphatic heterocycles. The van der Waals surface area contributed by atoms with Gasteiger partial charge in [-0.3, -0.25) is 9.78 Å². The summed E-state index contributed by atoms with van der Waals surface area (Å²) in [6.07, 6.45) is 1.95. The number of nitrogens with zero attached hydrogens (tertiary/aromatic N) is 2. The molecule has 0 saturated carbocycles. The van der Waals surface area contributed by atoms with E-state index in [2.05, 4.69) is 15.5 Å². The van der Waals surface area contributed by atoms with Crippen LogP contribution in [0.1, 0.15) is 16.8 Å². The molecule has 0 aliphatic rings. The van der Waals surface area contributed by atoms with E-state index < -0.39 is 0 Å². The van der Waals surface area contributed by atoms with Crippen molar-refractivity contribution in [3.05, 3.63) is 65.5 Å². The Balaban J connectivity index is 1.88. The Morgan fingerprint density at radius 2 is 2.00 bits per heavy atom. The lowest BCUT2D eigenvalue weighted by atomic mass is 10.1. The molecule has 0 spiro atoms. The molecule has 6 nitrogen and oxygen atoms in total. The van der Waals surface area contributed by atoms with Crippen molar-refractivity contribution in [3.8, 4) is 0 Å². The second-order valence-electron chi connectivity index (χ2n) is 4.46. The first-order valence-corrected chi connectivity index (χ1v) is 6.42. The topological polar surface area (TPSA) is 101 Å². The van der Waals surface area contributed by atoms with Crippen LogP contribution < -0.4 is 11.1 Å². The van der Waals surface area contributed by atoms with Crippen LogP contribution in [-0.4, -0.2) is 21.9 Å². The van der Waals surface area contributed by atoms with Gasteiger partial charge in [0.25, 0.3) is 0 Å². The Morgan fingerprint density at radius 3 is 2.62 bits per heavy atom. The van der Waals surface area contributed by atoms with Gasteiger partial charge in [0.15, 0.2) is 5.84 Å². The fourth-order valence-electron chi connectivity index (χ4n) is 1.79. The van der Waals surface area contributed by atoms with Crippen LogP contribution in [-0.2, 0) is 17.8 Å². The number of hydrogen-bond acceptors (Lipinski definition) is 4. The lowest BCUT2D eigenvalue weighted by molar-refractivity contribution is -0.120. The molecule has 1 aromatic heterocycles. The lowest BCUT2D eigenvalue weighted by Crippen LogP contribution is -2.25. The van der Waals surface area contributed by atoms with Crippen LogP contribution in [0.5, 0.6) is 0 Å². The van der Waals surface area contributed by atoms with Gasteiger partial charge in [-0.05, 0) is 17.7 Å². The maximum absolute atomic E-state index is 11.8. The quantitative estimate of drug-likeness (QED) is 0.330. The SMILES string of the molecule is NC(=NO)c1ccc(CC(=O)NCc2ccccn2)cc1. The average Bonchev–Trinajstić information content (AvgIpc) is 2.54. The van der Waals surface area contributed by atoms with E-state index in [1.54, 1.807) is 30.5 Å². The van der Waals surface area contributed by atoms with E-state index in [1.165, 1.54) is 0 Å². The van der Waals surface area contributed by atoms with E-state index >= 15 is 0 Å². The Hall–Kier alpha value is -2.89. The molecule has 1 aromatic carbocycles. The zero-order valence-corrected chi connectivity index (χ0v) is 11.4. The monoisotopic (exact) mass is 284 g/mol. The number of amidine groups is 1. The second kappa shape index (κ2) is 7.04. The number of carbonyl (C=O) groups is 1. The highest BCUT2D eigenvalue weighted by Crippen LogP contribution is 2.05. The van der Waals surface area contributed by atoms with Gasteiger partial charge in [0.1, 0.15) is 0 Å². The Kier molecular flexibility index (Phi) is 4.87. The third-order valence-corrected chi connectivity index (χ3v) is 2.91. The van der Waals surface area contributed by atoms with Gasteiger partial charge in [0, 0.05) is 11.8 Å². The van der Waals surface area contributed by atoms with E-state index in [-0.39, 0.29) is 18.2 Å². The summed E-state index contributed by atoms with van der Waals surface area (Å²) in [5.74, 6) is -0.0432. The number of pyridine rings is 1. The highest BCUT2D eigenvalue weighted by molar-refractivity contribution is 5.97. The fourth-order valence-corrected chi connectivity index (χ4v) is 1.79. The molecule has 1 amide bonds. The van der Waals surface area contributed by atoms with Crippen molar-refractivity contribution < 1.29 is 10.0 Å². The minimum atomic E-state index is -0.0859. The zero-order valence-electron chi connectivity index (χ0n) is 11.4. The maximum atomic E-state index is 11.8. The third kappa shape index (κ3) is 4.31. The van der Waals surface area contributed by atoms with E-state index in [9.17, 15) is 4.79 Å². The number of amides is 1. The molecule has 0 saturated heterocycles. The second-order valence-corrected chi connectivity index (χ2v) is 4.46. The first-order chi connectivity index (χ1) is 10.2. The number of benzene rings is 1. The smallest absolute Gasteiger partial charge is 0.224 e. The predicted octanol–water partition coefficient (Wildman–Crippen LogP) is 1.03. The number of carbonyl (C=O) groups excluding carboxylic acids is 1. The summed E-state index contributed by atoms with van der Waals surface area (Å²) >= 11 is 0. The number of hydrogen-bond donors (Lipinski definition) is 3. The van der Waals surface area contributed by atoms with E-state index in [0.29, 0.717) is 12.1 Å². The predicted molar refractivity (Wildman–Crippen MR) is 78.7 cm³/mol. The first kappa shape index (κ1) is 14.5. The maximum Gasteiger partial charge on any atom is 0.224 e. The standard InChI is InChI=1S/C15H16N4O2/c16-15(19-21)12-6-4-11(5-7-12)9-14(20)18-10-13-3-1-2-8-17-13/h1-8,21H,9-10H2,(H2,16,19)(H,18,20). The fraction of sp³-hybridized carbons (Fsp3) is 0.133. The molecule has 0 unspecified atom stereocenters. The van der Waals surface area contributed by atoms with Crippen molar-refractivity contribution in [2.45, 2.75) is 13.0 Å². The van der Waals surface area contributed by atoms with E-state index in [1.807, 2.05) is 18.2 Å². The minimum absolute atomic E-state index is 0.0427. The van der Waals surface area contributed by atoms with Crippen molar-refractivity contribution in [1.82, 2.24) is 10.3 Å². The molecule has 4 N–H and O–H groups in total. The van der Waals surface area contributed by atoms with Gasteiger partial charge in [0.2, 0.25) is 5.91 Å². The lowest BCUT2D eigenvalue weighted by Gasteiger charge is -2.05. The van der Waals surface area contributed by atoms with Crippen molar-refractivity contribution in [3.63, 3.8) is 0 Å². The number of nitrogens with two attached hydrogens (primary N) is 1. The molecule has 6 heteroatoms. The van der Waals surface area contributed by atoms with Crippen LogP contribution in [0.3, 0.4) is 0 Å².